The molecule has 0 aliphatic rings. The van der Waals surface area contributed by atoms with Crippen molar-refractivity contribution in [3.8, 4) is 5.69 Å². The van der Waals surface area contributed by atoms with Crippen LogP contribution in [-0.4, -0.2) is 15.1 Å². The SMILES string of the molecule is Cc1cc(C)c(-n2ccnc2CNC(C)(C)C)c(C)c1. The minimum Gasteiger partial charge on any atom is -0.305 e. The predicted octanol–water partition coefficient (Wildman–Crippen LogP) is 3.69. The number of hydrogen-bond acceptors (Lipinski definition) is 2. The lowest BCUT2D eigenvalue weighted by molar-refractivity contribution is 0.416. The first-order valence-electron chi connectivity index (χ1n) is 7.13. The van der Waals surface area contributed by atoms with Gasteiger partial charge in [0.2, 0.25) is 0 Å². The van der Waals surface area contributed by atoms with Crippen molar-refractivity contribution in [3.05, 3.63) is 47.0 Å². The summed E-state index contributed by atoms with van der Waals surface area (Å²) in [6.45, 7) is 13.7. The van der Waals surface area contributed by atoms with Crippen molar-refractivity contribution in [2.24, 2.45) is 0 Å². The summed E-state index contributed by atoms with van der Waals surface area (Å²) in [6, 6.07) is 4.45. The molecular weight excluding hydrogens is 246 g/mol. The number of aryl methyl sites for hydroxylation is 3. The van der Waals surface area contributed by atoms with Gasteiger partial charge >= 0.3 is 0 Å². The third-order valence-corrected chi connectivity index (χ3v) is 3.37. The number of hydrogen-bond donors (Lipinski definition) is 1. The first-order chi connectivity index (χ1) is 9.28. The van der Waals surface area contributed by atoms with E-state index in [-0.39, 0.29) is 5.54 Å². The van der Waals surface area contributed by atoms with Gasteiger partial charge in [-0.15, -0.1) is 0 Å². The number of nitrogens with zero attached hydrogens (tertiary/aromatic N) is 2. The normalized spacial score (nSPS) is 11.9. The molecule has 0 radical (unpaired) electrons. The molecule has 3 nitrogen and oxygen atoms in total. The minimum absolute atomic E-state index is 0.0914. The standard InChI is InChI=1S/C17H25N3/c1-12-9-13(2)16(14(3)10-12)20-8-7-18-15(20)11-19-17(4,5)6/h7-10,19H,11H2,1-6H3. The van der Waals surface area contributed by atoms with Crippen LogP contribution in [0.15, 0.2) is 24.5 Å². The zero-order valence-corrected chi connectivity index (χ0v) is 13.4. The number of rotatable bonds is 3. The van der Waals surface area contributed by atoms with Crippen LogP contribution in [0.25, 0.3) is 5.69 Å². The Morgan fingerprint density at radius 2 is 1.70 bits per heavy atom. The van der Waals surface area contributed by atoms with Gasteiger partial charge in [-0.2, -0.15) is 0 Å². The van der Waals surface area contributed by atoms with Gasteiger partial charge in [0.25, 0.3) is 0 Å². The quantitative estimate of drug-likeness (QED) is 0.922. The third-order valence-electron chi connectivity index (χ3n) is 3.37. The van der Waals surface area contributed by atoms with Gasteiger partial charge in [-0.05, 0) is 52.7 Å². The molecule has 0 aliphatic heterocycles. The molecule has 1 aromatic heterocycles. The van der Waals surface area contributed by atoms with Gasteiger partial charge < -0.3 is 9.88 Å². The number of benzene rings is 1. The molecule has 3 heteroatoms. The van der Waals surface area contributed by atoms with Crippen LogP contribution in [-0.2, 0) is 6.54 Å². The van der Waals surface area contributed by atoms with Crippen molar-refractivity contribution in [1.82, 2.24) is 14.9 Å². The molecule has 0 saturated carbocycles. The summed E-state index contributed by atoms with van der Waals surface area (Å²) < 4.78 is 2.20. The molecule has 1 heterocycles. The van der Waals surface area contributed by atoms with Crippen molar-refractivity contribution < 1.29 is 0 Å². The molecule has 0 bridgehead atoms. The van der Waals surface area contributed by atoms with Crippen LogP contribution < -0.4 is 5.32 Å². The first kappa shape index (κ1) is 14.8. The Kier molecular flexibility index (Phi) is 4.00. The highest BCUT2D eigenvalue weighted by atomic mass is 15.1. The Labute approximate surface area is 122 Å². The van der Waals surface area contributed by atoms with Crippen molar-refractivity contribution >= 4 is 0 Å². The second-order valence-electron chi connectivity index (χ2n) is 6.56. The predicted molar refractivity (Wildman–Crippen MR) is 84.4 cm³/mol. The zero-order chi connectivity index (χ0) is 14.9. The maximum absolute atomic E-state index is 4.50. The highest BCUT2D eigenvalue weighted by molar-refractivity contribution is 5.49. The fraction of sp³-hybridized carbons (Fsp3) is 0.471. The van der Waals surface area contributed by atoms with E-state index < -0.39 is 0 Å². The second-order valence-corrected chi connectivity index (χ2v) is 6.56. The van der Waals surface area contributed by atoms with Crippen molar-refractivity contribution in [2.75, 3.05) is 0 Å². The van der Waals surface area contributed by atoms with Gasteiger partial charge in [0.15, 0.2) is 0 Å². The molecule has 0 amide bonds. The van der Waals surface area contributed by atoms with Gasteiger partial charge in [-0.25, -0.2) is 4.98 Å². The summed E-state index contributed by atoms with van der Waals surface area (Å²) >= 11 is 0. The molecule has 0 spiro atoms. The Morgan fingerprint density at radius 1 is 1.10 bits per heavy atom. The topological polar surface area (TPSA) is 29.9 Å². The van der Waals surface area contributed by atoms with Gasteiger partial charge in [0, 0.05) is 17.9 Å². The van der Waals surface area contributed by atoms with Crippen LogP contribution in [0.1, 0.15) is 43.3 Å². The maximum Gasteiger partial charge on any atom is 0.127 e. The molecule has 108 valence electrons. The zero-order valence-electron chi connectivity index (χ0n) is 13.4. The van der Waals surface area contributed by atoms with E-state index in [1.807, 2.05) is 12.4 Å². The van der Waals surface area contributed by atoms with E-state index in [9.17, 15) is 0 Å². The van der Waals surface area contributed by atoms with Crippen molar-refractivity contribution in [3.63, 3.8) is 0 Å². The van der Waals surface area contributed by atoms with E-state index in [0.717, 1.165) is 12.4 Å². The largest absolute Gasteiger partial charge is 0.305 e. The number of nitrogens with one attached hydrogen (secondary N) is 1. The molecule has 0 atom stereocenters. The van der Waals surface area contributed by atoms with Crippen molar-refractivity contribution in [1.29, 1.82) is 0 Å². The Hall–Kier alpha value is -1.61. The summed E-state index contributed by atoms with van der Waals surface area (Å²) in [5.41, 5.74) is 5.22. The molecule has 20 heavy (non-hydrogen) atoms. The Balaban J connectivity index is 2.38. The lowest BCUT2D eigenvalue weighted by Gasteiger charge is -2.21. The maximum atomic E-state index is 4.50. The summed E-state index contributed by atoms with van der Waals surface area (Å²) in [5, 5.41) is 3.50. The van der Waals surface area contributed by atoms with Crippen LogP contribution in [0.4, 0.5) is 0 Å². The number of imidazole rings is 1. The van der Waals surface area contributed by atoms with E-state index in [0.29, 0.717) is 0 Å². The molecule has 1 aromatic carbocycles. The fourth-order valence-corrected chi connectivity index (χ4v) is 2.57. The smallest absolute Gasteiger partial charge is 0.127 e. The molecule has 0 saturated heterocycles. The molecule has 2 rings (SSSR count). The van der Waals surface area contributed by atoms with E-state index in [1.165, 1.54) is 22.4 Å². The second kappa shape index (κ2) is 5.41. The average Bonchev–Trinajstić information content (AvgIpc) is 2.72. The minimum atomic E-state index is 0.0914. The molecule has 0 unspecified atom stereocenters. The van der Waals surface area contributed by atoms with Crippen LogP contribution in [0.2, 0.25) is 0 Å². The van der Waals surface area contributed by atoms with Gasteiger partial charge in [-0.1, -0.05) is 17.7 Å². The lowest BCUT2D eigenvalue weighted by atomic mass is 10.0. The summed E-state index contributed by atoms with van der Waals surface area (Å²) in [7, 11) is 0. The van der Waals surface area contributed by atoms with Crippen LogP contribution in [0, 0.1) is 20.8 Å². The van der Waals surface area contributed by atoms with Gasteiger partial charge in [-0.3, -0.25) is 0 Å². The molecule has 1 N–H and O–H groups in total. The van der Waals surface area contributed by atoms with Crippen LogP contribution >= 0.6 is 0 Å². The lowest BCUT2D eigenvalue weighted by Crippen LogP contribution is -2.35. The van der Waals surface area contributed by atoms with Gasteiger partial charge in [0.1, 0.15) is 5.82 Å². The van der Waals surface area contributed by atoms with E-state index in [4.69, 9.17) is 0 Å². The third kappa shape index (κ3) is 3.28. The number of aromatic nitrogens is 2. The molecule has 0 fully saturated rings. The van der Waals surface area contributed by atoms with Crippen molar-refractivity contribution in [2.45, 2.75) is 53.6 Å². The summed E-state index contributed by atoms with van der Waals surface area (Å²) in [6.07, 6.45) is 3.92. The van der Waals surface area contributed by atoms with E-state index >= 15 is 0 Å². The van der Waals surface area contributed by atoms with Crippen LogP contribution in [0.3, 0.4) is 0 Å². The van der Waals surface area contributed by atoms with E-state index in [2.05, 4.69) is 68.5 Å². The highest BCUT2D eigenvalue weighted by Crippen LogP contribution is 2.22. The van der Waals surface area contributed by atoms with Crippen LogP contribution in [0.5, 0.6) is 0 Å². The Morgan fingerprint density at radius 3 is 2.25 bits per heavy atom. The summed E-state index contributed by atoms with van der Waals surface area (Å²) in [4.78, 5) is 4.50. The molecule has 2 aromatic rings. The fourth-order valence-electron chi connectivity index (χ4n) is 2.57. The first-order valence-corrected chi connectivity index (χ1v) is 7.13. The average molecular weight is 271 g/mol. The molecule has 0 aliphatic carbocycles. The summed E-state index contributed by atoms with van der Waals surface area (Å²) in [5.74, 6) is 1.05. The molecular formula is C17H25N3. The highest BCUT2D eigenvalue weighted by Gasteiger charge is 2.14. The Bertz CT molecular complexity index is 580. The monoisotopic (exact) mass is 271 g/mol. The van der Waals surface area contributed by atoms with E-state index in [1.54, 1.807) is 0 Å². The van der Waals surface area contributed by atoms with Gasteiger partial charge in [0.05, 0.1) is 12.2 Å².